The fourth-order valence-electron chi connectivity index (χ4n) is 14.0. The van der Waals surface area contributed by atoms with Gasteiger partial charge in [0.1, 0.15) is 36.6 Å². The predicted molar refractivity (Wildman–Crippen MR) is 194 cm³/mol. The van der Waals surface area contributed by atoms with E-state index in [0.717, 1.165) is 38.5 Å². The lowest BCUT2D eigenvalue weighted by molar-refractivity contribution is -0.327. The van der Waals surface area contributed by atoms with Crippen molar-refractivity contribution in [2.24, 2.45) is 50.7 Å². The van der Waals surface area contributed by atoms with Crippen LogP contribution in [0.25, 0.3) is 0 Å². The molecular formula is C41H70O13. The maximum atomic E-state index is 12.4. The normalized spacial score (nSPS) is 55.2. The average molecular weight is 771 g/mol. The van der Waals surface area contributed by atoms with E-state index < -0.39 is 90.7 Å². The highest BCUT2D eigenvalue weighted by molar-refractivity contribution is 5.34. The molecule has 13 heteroatoms. The van der Waals surface area contributed by atoms with Crippen molar-refractivity contribution in [1.29, 1.82) is 0 Å². The van der Waals surface area contributed by atoms with Crippen molar-refractivity contribution >= 4 is 0 Å². The molecule has 13 nitrogen and oxygen atoms in total. The number of fused-ring (bicyclic) bond motifs is 2. The molecule has 2 saturated heterocycles. The fourth-order valence-corrected chi connectivity index (χ4v) is 14.0. The molecule has 5 aliphatic carbocycles. The second-order valence-electron chi connectivity index (χ2n) is 20.6. The molecule has 7 aliphatic rings. The summed E-state index contributed by atoms with van der Waals surface area (Å²) in [5.74, 6) is 0.624. The molecule has 2 aliphatic heterocycles. The van der Waals surface area contributed by atoms with E-state index in [-0.39, 0.29) is 46.0 Å². The van der Waals surface area contributed by atoms with Gasteiger partial charge in [-0.3, -0.25) is 0 Å². The first-order valence-electron chi connectivity index (χ1n) is 20.7. The van der Waals surface area contributed by atoms with E-state index in [1.54, 1.807) is 20.8 Å². The number of hydrogen-bond acceptors (Lipinski definition) is 13. The number of aliphatic hydroxyl groups is 9. The van der Waals surface area contributed by atoms with Gasteiger partial charge in [0, 0.05) is 11.8 Å². The predicted octanol–water partition coefficient (Wildman–Crippen LogP) is 1.59. The lowest BCUT2D eigenvalue weighted by atomic mass is 9.40. The van der Waals surface area contributed by atoms with Crippen LogP contribution in [0.5, 0.6) is 0 Å². The molecule has 2 heterocycles. The maximum Gasteiger partial charge on any atom is 0.186 e. The summed E-state index contributed by atoms with van der Waals surface area (Å²) in [4.78, 5) is 0. The zero-order valence-corrected chi connectivity index (χ0v) is 33.5. The van der Waals surface area contributed by atoms with Gasteiger partial charge in [-0.05, 0) is 117 Å². The van der Waals surface area contributed by atoms with Gasteiger partial charge in [-0.1, -0.05) is 34.6 Å². The molecule has 0 aromatic carbocycles. The Balaban J connectivity index is 1.06. The summed E-state index contributed by atoms with van der Waals surface area (Å²) in [7, 11) is 0. The van der Waals surface area contributed by atoms with Crippen LogP contribution in [0.4, 0.5) is 0 Å². The SMILES string of the molecule is C[C@H](CC[C@H](O[C@@H]1OC[C@@H](O)[C@H](O)[C@H]1O)C(C)(C)O)[C@H]1CC[C@@]2(C)[C@@H]3[C@@H](O)C[C@H]4C(C)(C)[C@@H](O[C@@H]5O[C@@H](C)[C@H](O)[C@@H](O)[C@H]5O)C[C@H](O)[C@@]45C[C@@]35CC[C@]12C. The minimum Gasteiger partial charge on any atom is -0.393 e. The van der Waals surface area contributed by atoms with Gasteiger partial charge >= 0.3 is 0 Å². The smallest absolute Gasteiger partial charge is 0.186 e. The van der Waals surface area contributed by atoms with Crippen LogP contribution in [-0.4, -0.2) is 138 Å². The van der Waals surface area contributed by atoms with Gasteiger partial charge in [0.05, 0.1) is 42.7 Å². The Hall–Kier alpha value is -0.520. The van der Waals surface area contributed by atoms with Crippen molar-refractivity contribution in [2.75, 3.05) is 6.61 Å². The highest BCUT2D eigenvalue weighted by atomic mass is 16.7. The fraction of sp³-hybridized carbons (Fsp3) is 1.00. The van der Waals surface area contributed by atoms with Gasteiger partial charge in [-0.15, -0.1) is 0 Å². The lowest BCUT2D eigenvalue weighted by Crippen LogP contribution is -2.65. The van der Waals surface area contributed by atoms with Gasteiger partial charge in [0.2, 0.25) is 0 Å². The van der Waals surface area contributed by atoms with E-state index in [4.69, 9.17) is 18.9 Å². The van der Waals surface area contributed by atoms with Crippen LogP contribution >= 0.6 is 0 Å². The zero-order chi connectivity index (χ0) is 39.7. The summed E-state index contributed by atoms with van der Waals surface area (Å²) < 4.78 is 23.8. The number of ether oxygens (including phenoxy) is 4. The lowest BCUT2D eigenvalue weighted by Gasteiger charge is -2.65. The van der Waals surface area contributed by atoms with Gasteiger partial charge in [0.25, 0.3) is 0 Å². The second kappa shape index (κ2) is 13.8. The minimum absolute atomic E-state index is 0.0280. The summed E-state index contributed by atoms with van der Waals surface area (Å²) >= 11 is 0. The summed E-state index contributed by atoms with van der Waals surface area (Å²) in [6.45, 7) is 16.1. The molecule has 0 aromatic heterocycles. The van der Waals surface area contributed by atoms with Crippen molar-refractivity contribution in [3.63, 3.8) is 0 Å². The minimum atomic E-state index is -1.44. The van der Waals surface area contributed by atoms with E-state index in [1.807, 2.05) is 0 Å². The molecule has 0 amide bonds. The molecular weight excluding hydrogens is 700 g/mol. The van der Waals surface area contributed by atoms with E-state index >= 15 is 0 Å². The average Bonchev–Trinajstić information content (AvgIpc) is 3.69. The molecule has 21 atom stereocenters. The summed E-state index contributed by atoms with van der Waals surface area (Å²) in [5, 5.41) is 97.7. The van der Waals surface area contributed by atoms with Crippen LogP contribution in [0.3, 0.4) is 0 Å². The third-order valence-electron chi connectivity index (χ3n) is 17.3. The van der Waals surface area contributed by atoms with Crippen molar-refractivity contribution in [1.82, 2.24) is 0 Å². The Bertz CT molecular complexity index is 1370. The first-order chi connectivity index (χ1) is 25.0. The Morgan fingerprint density at radius 3 is 2.11 bits per heavy atom. The van der Waals surface area contributed by atoms with Crippen LogP contribution in [0.1, 0.15) is 113 Å². The van der Waals surface area contributed by atoms with E-state index in [1.165, 1.54) is 0 Å². The second-order valence-corrected chi connectivity index (χ2v) is 20.6. The highest BCUT2D eigenvalue weighted by Gasteiger charge is 2.86. The Kier molecular flexibility index (Phi) is 10.6. The van der Waals surface area contributed by atoms with Crippen LogP contribution < -0.4 is 0 Å². The standard InChI is InChI=1S/C41H70O13/c1-19(9-10-26(37(5,6)50)53-34-31(48)29(46)23(43)17-51-34)21-11-12-39(8)33-22(42)15-24-36(3,4)27(54-35-32(49)30(47)28(45)20(2)52-35)16-25(44)41(24)18-40(33,41)14-13-38(21,39)7/h19-35,42-50H,9-18H2,1-8H3/t19-,20+,21-,22+,23-,24+,25+,26+,27+,28+,29+,30-,31-,32-,33+,34+,35+,38-,39+,40+,41-/m1/s1. The van der Waals surface area contributed by atoms with Gasteiger partial charge in [-0.2, -0.15) is 0 Å². The topological polar surface area (TPSA) is 219 Å². The van der Waals surface area contributed by atoms with Gasteiger partial charge in [-0.25, -0.2) is 0 Å². The molecule has 0 unspecified atom stereocenters. The molecule has 9 N–H and O–H groups in total. The highest BCUT2D eigenvalue weighted by Crippen LogP contribution is 2.89. The molecule has 54 heavy (non-hydrogen) atoms. The zero-order valence-electron chi connectivity index (χ0n) is 33.5. The summed E-state index contributed by atoms with van der Waals surface area (Å²) in [6, 6.07) is 0. The summed E-state index contributed by atoms with van der Waals surface area (Å²) in [5.41, 5.74) is -2.50. The molecule has 2 spiro atoms. The Morgan fingerprint density at radius 1 is 0.778 bits per heavy atom. The monoisotopic (exact) mass is 770 g/mol. The first kappa shape index (κ1) is 41.6. The third kappa shape index (κ3) is 5.95. The van der Waals surface area contributed by atoms with Gasteiger partial charge in [0.15, 0.2) is 12.6 Å². The molecule has 7 fully saturated rings. The van der Waals surface area contributed by atoms with Crippen LogP contribution in [0, 0.1) is 50.7 Å². The van der Waals surface area contributed by atoms with Crippen molar-refractivity contribution in [3.8, 4) is 0 Å². The van der Waals surface area contributed by atoms with Crippen molar-refractivity contribution in [2.45, 2.75) is 199 Å². The van der Waals surface area contributed by atoms with Crippen LogP contribution in [-0.2, 0) is 18.9 Å². The molecule has 7 rings (SSSR count). The molecule has 5 saturated carbocycles. The molecule has 0 aromatic rings. The Labute approximate surface area is 320 Å². The van der Waals surface area contributed by atoms with Crippen LogP contribution in [0.15, 0.2) is 0 Å². The third-order valence-corrected chi connectivity index (χ3v) is 17.3. The van der Waals surface area contributed by atoms with Crippen molar-refractivity contribution < 1.29 is 64.9 Å². The molecule has 0 radical (unpaired) electrons. The number of aliphatic hydroxyl groups excluding tert-OH is 8. The molecule has 312 valence electrons. The number of hydrogen-bond donors (Lipinski definition) is 9. The van der Waals surface area contributed by atoms with E-state index in [9.17, 15) is 46.0 Å². The first-order valence-corrected chi connectivity index (χ1v) is 20.7. The van der Waals surface area contributed by atoms with E-state index in [0.29, 0.717) is 25.2 Å². The van der Waals surface area contributed by atoms with Gasteiger partial charge < -0.3 is 64.9 Å². The quantitative estimate of drug-likeness (QED) is 0.152. The Morgan fingerprint density at radius 2 is 1.44 bits per heavy atom. The molecule has 0 bridgehead atoms. The van der Waals surface area contributed by atoms with E-state index in [2.05, 4.69) is 34.6 Å². The van der Waals surface area contributed by atoms with Crippen molar-refractivity contribution in [3.05, 3.63) is 0 Å². The summed E-state index contributed by atoms with van der Waals surface area (Å²) in [6.07, 6.45) is -6.66. The number of rotatable bonds is 9. The largest absolute Gasteiger partial charge is 0.393 e. The maximum absolute atomic E-state index is 12.4. The van der Waals surface area contributed by atoms with Crippen LogP contribution in [0.2, 0.25) is 0 Å².